The van der Waals surface area contributed by atoms with E-state index in [4.69, 9.17) is 16.3 Å². The second-order valence-electron chi connectivity index (χ2n) is 4.33. The summed E-state index contributed by atoms with van der Waals surface area (Å²) in [6.07, 6.45) is -0.868. The smallest absolute Gasteiger partial charge is 0.265 e. The Balaban J connectivity index is 2.02. The first-order valence-corrected chi connectivity index (χ1v) is 6.51. The molecule has 1 amide bonds. The molecule has 110 valence electrons. The minimum atomic E-state index is -0.868. The molecule has 1 atom stereocenters. The van der Waals surface area contributed by atoms with Gasteiger partial charge in [-0.3, -0.25) is 4.79 Å². The van der Waals surface area contributed by atoms with Gasteiger partial charge in [-0.25, -0.2) is 8.78 Å². The molecule has 0 aliphatic carbocycles. The number of hydrogen-bond donors (Lipinski definition) is 1. The molecule has 2 aromatic carbocycles. The van der Waals surface area contributed by atoms with Crippen LogP contribution in [-0.2, 0) is 4.79 Å². The highest BCUT2D eigenvalue weighted by Gasteiger charge is 2.16. The molecular formula is C15H12ClF2NO2. The van der Waals surface area contributed by atoms with Gasteiger partial charge in [0.05, 0.1) is 5.69 Å². The molecular weight excluding hydrogens is 300 g/mol. The van der Waals surface area contributed by atoms with E-state index in [-0.39, 0.29) is 5.69 Å². The number of hydrogen-bond acceptors (Lipinski definition) is 2. The molecule has 0 bridgehead atoms. The van der Waals surface area contributed by atoms with E-state index in [1.807, 2.05) is 0 Å². The van der Waals surface area contributed by atoms with Crippen molar-refractivity contribution < 1.29 is 18.3 Å². The molecule has 6 heteroatoms. The first-order valence-electron chi connectivity index (χ1n) is 6.14. The minimum Gasteiger partial charge on any atom is -0.481 e. The van der Waals surface area contributed by atoms with Gasteiger partial charge in [-0.05, 0) is 37.3 Å². The molecule has 21 heavy (non-hydrogen) atoms. The Labute approximate surface area is 125 Å². The van der Waals surface area contributed by atoms with Crippen molar-refractivity contribution in [1.82, 2.24) is 0 Å². The van der Waals surface area contributed by atoms with Crippen molar-refractivity contribution in [3.05, 3.63) is 59.1 Å². The van der Waals surface area contributed by atoms with Gasteiger partial charge in [0, 0.05) is 11.1 Å². The fourth-order valence-corrected chi connectivity index (χ4v) is 1.80. The van der Waals surface area contributed by atoms with Crippen molar-refractivity contribution in [2.45, 2.75) is 13.0 Å². The number of ether oxygens (including phenoxy) is 1. The fraction of sp³-hybridized carbons (Fsp3) is 0.133. The van der Waals surface area contributed by atoms with Crippen LogP contribution in [0.4, 0.5) is 14.5 Å². The number of carbonyl (C=O) groups is 1. The molecule has 0 fully saturated rings. The lowest BCUT2D eigenvalue weighted by molar-refractivity contribution is -0.122. The van der Waals surface area contributed by atoms with Gasteiger partial charge in [0.15, 0.2) is 6.10 Å². The van der Waals surface area contributed by atoms with Gasteiger partial charge in [-0.2, -0.15) is 0 Å². The highest BCUT2D eigenvalue weighted by atomic mass is 35.5. The predicted molar refractivity (Wildman–Crippen MR) is 76.5 cm³/mol. The van der Waals surface area contributed by atoms with Gasteiger partial charge in [-0.1, -0.05) is 17.7 Å². The van der Waals surface area contributed by atoms with Crippen LogP contribution >= 0.6 is 11.6 Å². The van der Waals surface area contributed by atoms with E-state index in [2.05, 4.69) is 5.32 Å². The Bertz CT molecular complexity index is 664. The first kappa shape index (κ1) is 15.3. The van der Waals surface area contributed by atoms with Crippen molar-refractivity contribution in [1.29, 1.82) is 0 Å². The summed E-state index contributed by atoms with van der Waals surface area (Å²) >= 11 is 5.81. The summed E-state index contributed by atoms with van der Waals surface area (Å²) < 4.78 is 31.6. The Morgan fingerprint density at radius 3 is 2.67 bits per heavy atom. The third-order valence-corrected chi connectivity index (χ3v) is 2.90. The minimum absolute atomic E-state index is 0.108. The first-order chi connectivity index (χ1) is 9.95. The molecule has 1 N–H and O–H groups in total. The summed E-state index contributed by atoms with van der Waals surface area (Å²) in [5, 5.41) is 2.81. The fourth-order valence-electron chi connectivity index (χ4n) is 1.62. The second kappa shape index (κ2) is 6.54. The topological polar surface area (TPSA) is 38.3 Å². The van der Waals surface area contributed by atoms with Crippen LogP contribution in [0, 0.1) is 11.6 Å². The zero-order chi connectivity index (χ0) is 15.4. The molecule has 0 unspecified atom stereocenters. The van der Waals surface area contributed by atoms with E-state index in [9.17, 15) is 13.6 Å². The molecule has 0 spiro atoms. The van der Waals surface area contributed by atoms with E-state index in [0.29, 0.717) is 16.8 Å². The van der Waals surface area contributed by atoms with E-state index < -0.39 is 23.6 Å². The molecule has 0 radical (unpaired) electrons. The number of amides is 1. The van der Waals surface area contributed by atoms with Gasteiger partial charge in [0.25, 0.3) is 5.91 Å². The van der Waals surface area contributed by atoms with Gasteiger partial charge >= 0.3 is 0 Å². The zero-order valence-corrected chi connectivity index (χ0v) is 11.8. The van der Waals surface area contributed by atoms with Gasteiger partial charge in [0.2, 0.25) is 0 Å². The van der Waals surface area contributed by atoms with Crippen LogP contribution in [0.2, 0.25) is 5.02 Å². The van der Waals surface area contributed by atoms with E-state index >= 15 is 0 Å². The van der Waals surface area contributed by atoms with Crippen LogP contribution in [-0.4, -0.2) is 12.0 Å². The number of anilines is 1. The molecule has 2 rings (SSSR count). The van der Waals surface area contributed by atoms with Crippen LogP contribution in [0.5, 0.6) is 5.75 Å². The van der Waals surface area contributed by atoms with Crippen molar-refractivity contribution in [2.24, 2.45) is 0 Å². The summed E-state index contributed by atoms with van der Waals surface area (Å²) in [7, 11) is 0. The lowest BCUT2D eigenvalue weighted by atomic mass is 10.2. The van der Waals surface area contributed by atoms with Gasteiger partial charge < -0.3 is 10.1 Å². The molecule has 0 heterocycles. The lowest BCUT2D eigenvalue weighted by Crippen LogP contribution is -2.30. The van der Waals surface area contributed by atoms with E-state index in [1.165, 1.54) is 6.92 Å². The predicted octanol–water partition coefficient (Wildman–Crippen LogP) is 4.02. The van der Waals surface area contributed by atoms with E-state index in [1.54, 1.807) is 24.3 Å². The SMILES string of the molecule is C[C@@H](Oc1cccc(Cl)c1)C(=O)Nc1ccc(F)cc1F. The monoisotopic (exact) mass is 311 g/mol. The molecule has 0 aliphatic heterocycles. The molecule has 0 aromatic heterocycles. The number of nitrogens with one attached hydrogen (secondary N) is 1. The maximum atomic E-state index is 13.4. The highest BCUT2D eigenvalue weighted by molar-refractivity contribution is 6.30. The van der Waals surface area contributed by atoms with Crippen molar-refractivity contribution in [2.75, 3.05) is 5.32 Å². The average molecular weight is 312 g/mol. The Morgan fingerprint density at radius 2 is 2.00 bits per heavy atom. The van der Waals surface area contributed by atoms with Crippen LogP contribution < -0.4 is 10.1 Å². The Kier molecular flexibility index (Phi) is 4.75. The van der Waals surface area contributed by atoms with Crippen LogP contribution in [0.25, 0.3) is 0 Å². The summed E-state index contributed by atoms with van der Waals surface area (Å²) in [6.45, 7) is 1.51. The zero-order valence-electron chi connectivity index (χ0n) is 11.1. The van der Waals surface area contributed by atoms with Crippen LogP contribution in [0.3, 0.4) is 0 Å². The maximum absolute atomic E-state index is 13.4. The van der Waals surface area contributed by atoms with Crippen molar-refractivity contribution >= 4 is 23.2 Å². The number of carbonyl (C=O) groups excluding carboxylic acids is 1. The summed E-state index contributed by atoms with van der Waals surface area (Å²) in [5.74, 6) is -1.70. The summed E-state index contributed by atoms with van der Waals surface area (Å²) in [5.41, 5.74) is -0.108. The third-order valence-electron chi connectivity index (χ3n) is 2.67. The summed E-state index contributed by atoms with van der Waals surface area (Å²) in [6, 6.07) is 9.46. The molecule has 3 nitrogen and oxygen atoms in total. The molecule has 0 saturated carbocycles. The average Bonchev–Trinajstić information content (AvgIpc) is 2.41. The largest absolute Gasteiger partial charge is 0.481 e. The van der Waals surface area contributed by atoms with Crippen LogP contribution in [0.15, 0.2) is 42.5 Å². The van der Waals surface area contributed by atoms with Gasteiger partial charge in [0.1, 0.15) is 17.4 Å². The normalized spacial score (nSPS) is 11.8. The lowest BCUT2D eigenvalue weighted by Gasteiger charge is -2.15. The van der Waals surface area contributed by atoms with Gasteiger partial charge in [-0.15, -0.1) is 0 Å². The van der Waals surface area contributed by atoms with Crippen LogP contribution in [0.1, 0.15) is 6.92 Å². The Morgan fingerprint density at radius 1 is 1.24 bits per heavy atom. The standard InChI is InChI=1S/C15H12ClF2NO2/c1-9(21-12-4-2-3-10(16)7-12)15(20)19-14-6-5-11(17)8-13(14)18/h2-9H,1H3,(H,19,20)/t9-/m1/s1. The number of benzene rings is 2. The van der Waals surface area contributed by atoms with Crippen molar-refractivity contribution in [3.63, 3.8) is 0 Å². The number of rotatable bonds is 4. The van der Waals surface area contributed by atoms with E-state index in [0.717, 1.165) is 12.1 Å². The molecule has 2 aromatic rings. The molecule has 0 aliphatic rings. The second-order valence-corrected chi connectivity index (χ2v) is 4.77. The quantitative estimate of drug-likeness (QED) is 0.926. The Hall–Kier alpha value is -2.14. The highest BCUT2D eigenvalue weighted by Crippen LogP contribution is 2.19. The van der Waals surface area contributed by atoms with Crippen molar-refractivity contribution in [3.8, 4) is 5.75 Å². The third kappa shape index (κ3) is 4.16. The number of halogens is 3. The molecule has 0 saturated heterocycles. The maximum Gasteiger partial charge on any atom is 0.265 e. The summed E-state index contributed by atoms with van der Waals surface area (Å²) in [4.78, 5) is 11.9.